The van der Waals surface area contributed by atoms with Gasteiger partial charge in [-0.1, -0.05) is 12.5 Å². The fourth-order valence-electron chi connectivity index (χ4n) is 2.03. The van der Waals surface area contributed by atoms with Crippen LogP contribution in [0, 0.1) is 0 Å². The normalized spacial score (nSPS) is 14.9. The van der Waals surface area contributed by atoms with Crippen LogP contribution in [-0.2, 0) is 9.59 Å². The second-order valence-electron chi connectivity index (χ2n) is 4.91. The molecule has 0 heterocycles. The van der Waals surface area contributed by atoms with Gasteiger partial charge in [-0.3, -0.25) is 14.8 Å². The van der Waals surface area contributed by atoms with Crippen LogP contribution in [-0.4, -0.2) is 23.2 Å². The van der Waals surface area contributed by atoms with E-state index in [0.29, 0.717) is 19.3 Å². The Bertz CT molecular complexity index is 378. The minimum Gasteiger partial charge on any atom is -0.289 e. The van der Waals surface area contributed by atoms with E-state index < -0.39 is 0 Å². The molecule has 3 N–H and O–H groups in total. The molecular weight excluding hydrogens is 258 g/mol. The largest absolute Gasteiger partial charge is 0.289 e. The first-order chi connectivity index (χ1) is 9.72. The van der Waals surface area contributed by atoms with Crippen molar-refractivity contribution in [3.8, 4) is 0 Å². The van der Waals surface area contributed by atoms with Gasteiger partial charge in [0.15, 0.2) is 0 Å². The average Bonchev–Trinajstić information content (AvgIpc) is 2.47. The molecule has 112 valence electrons. The Morgan fingerprint density at radius 3 is 2.60 bits per heavy atom. The molecule has 0 radical (unpaired) electrons. The molecule has 0 fully saturated rings. The maximum Gasteiger partial charge on any atom is 0.243 e. The smallest absolute Gasteiger partial charge is 0.243 e. The van der Waals surface area contributed by atoms with Crippen LogP contribution in [0.15, 0.2) is 16.8 Å². The van der Waals surface area contributed by atoms with Gasteiger partial charge in [0.25, 0.3) is 0 Å². The van der Waals surface area contributed by atoms with E-state index in [4.69, 9.17) is 5.21 Å². The lowest BCUT2D eigenvalue weighted by atomic mass is 10.0. The monoisotopic (exact) mass is 281 g/mol. The van der Waals surface area contributed by atoms with E-state index >= 15 is 0 Å². The molecule has 0 aliphatic heterocycles. The van der Waals surface area contributed by atoms with Crippen LogP contribution in [0.4, 0.5) is 0 Å². The van der Waals surface area contributed by atoms with Crippen LogP contribution in [0.2, 0.25) is 0 Å². The molecular formula is C14H23N3O3. The van der Waals surface area contributed by atoms with Crippen molar-refractivity contribution in [3.05, 3.63) is 11.6 Å². The van der Waals surface area contributed by atoms with E-state index in [9.17, 15) is 9.59 Å². The number of hydroxylamine groups is 1. The van der Waals surface area contributed by atoms with Gasteiger partial charge in [-0.05, 0) is 44.1 Å². The van der Waals surface area contributed by atoms with Crippen molar-refractivity contribution in [1.29, 1.82) is 0 Å². The standard InChI is InChI=1S/C14H23N3O3/c18-13(9-5-2-6-10-14(19)17-20)16-15-11-12-7-3-1-4-8-12/h7,11,20H,1-6,8-10H2,(H,16,18)(H,17,19)/b15-11+. The maximum atomic E-state index is 11.5. The van der Waals surface area contributed by atoms with E-state index in [1.165, 1.54) is 18.4 Å². The zero-order valence-electron chi connectivity index (χ0n) is 11.7. The van der Waals surface area contributed by atoms with Gasteiger partial charge in [-0.2, -0.15) is 5.10 Å². The fraction of sp³-hybridized carbons (Fsp3) is 0.643. The number of allylic oxidation sites excluding steroid dienone is 2. The summed E-state index contributed by atoms with van der Waals surface area (Å²) in [5.41, 5.74) is 5.28. The van der Waals surface area contributed by atoms with Gasteiger partial charge in [0, 0.05) is 12.8 Å². The molecule has 0 unspecified atom stereocenters. The first-order valence-electron chi connectivity index (χ1n) is 7.16. The van der Waals surface area contributed by atoms with E-state index in [1.807, 2.05) is 0 Å². The van der Waals surface area contributed by atoms with E-state index in [0.717, 1.165) is 19.3 Å². The van der Waals surface area contributed by atoms with E-state index in [2.05, 4.69) is 16.6 Å². The lowest BCUT2D eigenvalue weighted by Gasteiger charge is -2.07. The van der Waals surface area contributed by atoms with E-state index in [-0.39, 0.29) is 18.2 Å². The number of carbonyl (C=O) groups excluding carboxylic acids is 2. The zero-order chi connectivity index (χ0) is 14.6. The van der Waals surface area contributed by atoms with Crippen molar-refractivity contribution < 1.29 is 14.8 Å². The molecule has 1 aliphatic rings. The second kappa shape index (κ2) is 10.1. The molecule has 2 amide bonds. The van der Waals surface area contributed by atoms with Gasteiger partial charge in [-0.15, -0.1) is 0 Å². The minimum atomic E-state index is -0.389. The summed E-state index contributed by atoms with van der Waals surface area (Å²) in [6.45, 7) is 0. The third-order valence-corrected chi connectivity index (χ3v) is 3.18. The highest BCUT2D eigenvalue weighted by atomic mass is 16.5. The number of nitrogens with one attached hydrogen (secondary N) is 2. The van der Waals surface area contributed by atoms with E-state index in [1.54, 1.807) is 11.7 Å². The summed E-state index contributed by atoms with van der Waals surface area (Å²) < 4.78 is 0. The number of hydrogen-bond acceptors (Lipinski definition) is 4. The molecule has 0 aromatic carbocycles. The van der Waals surface area contributed by atoms with Gasteiger partial charge in [0.2, 0.25) is 11.8 Å². The maximum absolute atomic E-state index is 11.5. The zero-order valence-corrected chi connectivity index (χ0v) is 11.7. The molecule has 1 aliphatic carbocycles. The Labute approximate surface area is 119 Å². The number of nitrogens with zero attached hydrogens (tertiary/aromatic N) is 1. The Morgan fingerprint density at radius 1 is 1.20 bits per heavy atom. The van der Waals surface area contributed by atoms with Crippen LogP contribution in [0.25, 0.3) is 0 Å². The lowest BCUT2D eigenvalue weighted by Crippen LogP contribution is -2.18. The van der Waals surface area contributed by atoms with Gasteiger partial charge in [-0.25, -0.2) is 10.9 Å². The summed E-state index contributed by atoms with van der Waals surface area (Å²) in [4.78, 5) is 22.2. The van der Waals surface area contributed by atoms with Gasteiger partial charge in [0.05, 0.1) is 6.21 Å². The molecule has 6 heteroatoms. The van der Waals surface area contributed by atoms with Gasteiger partial charge < -0.3 is 0 Å². The summed E-state index contributed by atoms with van der Waals surface area (Å²) in [5, 5.41) is 12.2. The first-order valence-corrected chi connectivity index (χ1v) is 7.16. The van der Waals surface area contributed by atoms with Crippen molar-refractivity contribution in [2.24, 2.45) is 5.10 Å². The molecule has 6 nitrogen and oxygen atoms in total. The highest BCUT2D eigenvalue weighted by molar-refractivity contribution is 5.81. The van der Waals surface area contributed by atoms with Crippen molar-refractivity contribution >= 4 is 18.0 Å². The summed E-state index contributed by atoms with van der Waals surface area (Å²) in [5.74, 6) is -0.496. The molecule has 0 saturated carbocycles. The van der Waals surface area contributed by atoms with Gasteiger partial charge >= 0.3 is 0 Å². The molecule has 0 aromatic heterocycles. The summed E-state index contributed by atoms with van der Waals surface area (Å²) in [6, 6.07) is 0. The van der Waals surface area contributed by atoms with Crippen LogP contribution >= 0.6 is 0 Å². The Hall–Kier alpha value is -1.69. The highest BCUT2D eigenvalue weighted by Crippen LogP contribution is 2.15. The molecule has 0 spiro atoms. The van der Waals surface area contributed by atoms with Crippen molar-refractivity contribution in [1.82, 2.24) is 10.9 Å². The van der Waals surface area contributed by atoms with Crippen LogP contribution < -0.4 is 10.9 Å². The molecule has 0 bridgehead atoms. The van der Waals surface area contributed by atoms with Crippen LogP contribution in [0.5, 0.6) is 0 Å². The van der Waals surface area contributed by atoms with Crippen molar-refractivity contribution in [2.45, 2.75) is 57.8 Å². The first kappa shape index (κ1) is 16.4. The number of hydrogen-bond donors (Lipinski definition) is 3. The second-order valence-corrected chi connectivity index (χ2v) is 4.91. The van der Waals surface area contributed by atoms with Crippen molar-refractivity contribution in [2.75, 3.05) is 0 Å². The quantitative estimate of drug-likeness (QED) is 0.275. The predicted octanol–water partition coefficient (Wildman–Crippen LogP) is 2.04. The average molecular weight is 281 g/mol. The third-order valence-electron chi connectivity index (χ3n) is 3.18. The SMILES string of the molecule is O=C(CCCCCC(=O)N/N=C/C1=CCCCC1)NO. The molecule has 0 saturated heterocycles. The fourth-order valence-corrected chi connectivity index (χ4v) is 2.03. The van der Waals surface area contributed by atoms with Crippen LogP contribution in [0.3, 0.4) is 0 Å². The molecule has 0 aromatic rings. The lowest BCUT2D eigenvalue weighted by molar-refractivity contribution is -0.129. The molecule has 0 atom stereocenters. The molecule has 1 rings (SSSR count). The van der Waals surface area contributed by atoms with Gasteiger partial charge in [0.1, 0.15) is 0 Å². The highest BCUT2D eigenvalue weighted by Gasteiger charge is 2.03. The third kappa shape index (κ3) is 7.68. The topological polar surface area (TPSA) is 90.8 Å². The predicted molar refractivity (Wildman–Crippen MR) is 76.2 cm³/mol. The Morgan fingerprint density at radius 2 is 1.95 bits per heavy atom. The minimum absolute atomic E-state index is 0.107. The number of hydrazone groups is 1. The summed E-state index contributed by atoms with van der Waals surface area (Å²) in [6.07, 6.45) is 11.3. The number of carbonyl (C=O) groups is 2. The van der Waals surface area contributed by atoms with Crippen molar-refractivity contribution in [3.63, 3.8) is 0 Å². The number of unbranched alkanes of at least 4 members (excludes halogenated alkanes) is 2. The number of amides is 2. The number of rotatable bonds is 8. The Balaban J connectivity index is 2.04. The van der Waals surface area contributed by atoms with Crippen LogP contribution in [0.1, 0.15) is 57.8 Å². The summed E-state index contributed by atoms with van der Waals surface area (Å²) >= 11 is 0. The summed E-state index contributed by atoms with van der Waals surface area (Å²) in [7, 11) is 0. The molecule has 20 heavy (non-hydrogen) atoms. The Kier molecular flexibility index (Phi) is 8.30.